The minimum Gasteiger partial charge on any atom is -0.310 e. The zero-order valence-corrected chi connectivity index (χ0v) is 8.40. The molecule has 1 saturated carbocycles. The van der Waals surface area contributed by atoms with Crippen molar-refractivity contribution in [2.24, 2.45) is 11.8 Å². The third-order valence-electron chi connectivity index (χ3n) is 3.17. The van der Waals surface area contributed by atoms with Crippen molar-refractivity contribution in [1.82, 2.24) is 0 Å². The van der Waals surface area contributed by atoms with Gasteiger partial charge in [-0.25, -0.2) is 0 Å². The van der Waals surface area contributed by atoms with Crippen molar-refractivity contribution in [3.05, 3.63) is 0 Å². The first-order valence-electron chi connectivity index (χ1n) is 5.27. The molecule has 1 aliphatic carbocycles. The Kier molecular flexibility index (Phi) is 3.77. The van der Waals surface area contributed by atoms with Crippen LogP contribution in [0.15, 0.2) is 0 Å². The van der Waals surface area contributed by atoms with Gasteiger partial charge in [0, 0.05) is 5.71 Å². The second-order valence-electron chi connectivity index (χ2n) is 4.26. The molecule has 0 radical (unpaired) electrons. The van der Waals surface area contributed by atoms with Gasteiger partial charge < -0.3 is 5.41 Å². The molecule has 0 amide bonds. The van der Waals surface area contributed by atoms with Crippen LogP contribution in [0.25, 0.3) is 0 Å². The maximum atomic E-state index is 7.69. The number of hydrogen-bond acceptors (Lipinski definition) is 1. The van der Waals surface area contributed by atoms with Crippen molar-refractivity contribution in [3.8, 4) is 0 Å². The van der Waals surface area contributed by atoms with Gasteiger partial charge in [0.15, 0.2) is 0 Å². The lowest BCUT2D eigenvalue weighted by Gasteiger charge is -2.25. The highest BCUT2D eigenvalue weighted by atomic mass is 14.4. The summed E-state index contributed by atoms with van der Waals surface area (Å²) in [5, 5.41) is 7.69. The molecule has 0 aromatic rings. The van der Waals surface area contributed by atoms with Crippen molar-refractivity contribution < 1.29 is 0 Å². The Balaban J connectivity index is 2.48. The fourth-order valence-electron chi connectivity index (χ4n) is 2.31. The number of hydrogen-bond donors (Lipinski definition) is 1. The first-order valence-corrected chi connectivity index (χ1v) is 5.27. The summed E-state index contributed by atoms with van der Waals surface area (Å²) in [6, 6.07) is 0. The standard InChI is InChI=1S/C11H21N/c1-9-7-5-3-4-6-8-11(9)10(2)12/h9,11-12H,3-8H2,1-2H3. The maximum absolute atomic E-state index is 7.69. The second kappa shape index (κ2) is 4.64. The zero-order chi connectivity index (χ0) is 8.97. The largest absolute Gasteiger partial charge is 0.310 e. The van der Waals surface area contributed by atoms with Gasteiger partial charge in [0.1, 0.15) is 0 Å². The predicted molar refractivity (Wildman–Crippen MR) is 53.8 cm³/mol. The molecule has 0 aromatic heterocycles. The van der Waals surface area contributed by atoms with E-state index in [2.05, 4.69) is 6.92 Å². The lowest BCUT2D eigenvalue weighted by Crippen LogP contribution is -2.20. The molecule has 1 N–H and O–H groups in total. The van der Waals surface area contributed by atoms with Crippen LogP contribution in [0.1, 0.15) is 52.4 Å². The summed E-state index contributed by atoms with van der Waals surface area (Å²) < 4.78 is 0. The summed E-state index contributed by atoms with van der Waals surface area (Å²) in [7, 11) is 0. The quantitative estimate of drug-likeness (QED) is 0.577. The Bertz CT molecular complexity index is 151. The monoisotopic (exact) mass is 167 g/mol. The highest BCUT2D eigenvalue weighted by molar-refractivity contribution is 5.81. The molecule has 2 unspecified atom stereocenters. The fourth-order valence-corrected chi connectivity index (χ4v) is 2.31. The summed E-state index contributed by atoms with van der Waals surface area (Å²) in [5.74, 6) is 1.34. The van der Waals surface area contributed by atoms with Crippen molar-refractivity contribution in [1.29, 1.82) is 5.41 Å². The van der Waals surface area contributed by atoms with Crippen LogP contribution < -0.4 is 0 Å². The zero-order valence-electron chi connectivity index (χ0n) is 8.40. The molecule has 0 spiro atoms. The summed E-state index contributed by atoms with van der Waals surface area (Å²) in [6.07, 6.45) is 8.11. The average molecular weight is 167 g/mol. The molecule has 0 aliphatic heterocycles. The van der Waals surface area contributed by atoms with E-state index in [1.54, 1.807) is 0 Å². The van der Waals surface area contributed by atoms with Crippen molar-refractivity contribution in [2.75, 3.05) is 0 Å². The Morgan fingerprint density at radius 3 is 2.25 bits per heavy atom. The Morgan fingerprint density at radius 1 is 1.08 bits per heavy atom. The van der Waals surface area contributed by atoms with E-state index in [1.165, 1.54) is 38.5 Å². The van der Waals surface area contributed by atoms with Crippen LogP contribution in [0.5, 0.6) is 0 Å². The predicted octanol–water partition coefficient (Wildman–Crippen LogP) is 3.63. The molecule has 1 fully saturated rings. The van der Waals surface area contributed by atoms with Gasteiger partial charge in [-0.15, -0.1) is 0 Å². The molecule has 0 aromatic carbocycles. The van der Waals surface area contributed by atoms with Gasteiger partial charge >= 0.3 is 0 Å². The SMILES string of the molecule is CC(=N)C1CCCCCCC1C. The van der Waals surface area contributed by atoms with Gasteiger partial charge in [-0.1, -0.05) is 39.0 Å². The van der Waals surface area contributed by atoms with Crippen LogP contribution in [0.2, 0.25) is 0 Å². The van der Waals surface area contributed by atoms with Gasteiger partial charge in [0.25, 0.3) is 0 Å². The van der Waals surface area contributed by atoms with Crippen LogP contribution >= 0.6 is 0 Å². The van der Waals surface area contributed by atoms with Gasteiger partial charge in [-0.2, -0.15) is 0 Å². The summed E-state index contributed by atoms with van der Waals surface area (Å²) in [6.45, 7) is 4.29. The normalized spacial score (nSPS) is 32.2. The van der Waals surface area contributed by atoms with Crippen LogP contribution in [-0.4, -0.2) is 5.71 Å². The van der Waals surface area contributed by atoms with Crippen molar-refractivity contribution in [2.45, 2.75) is 52.4 Å². The van der Waals surface area contributed by atoms with Crippen LogP contribution in [0, 0.1) is 17.2 Å². The van der Waals surface area contributed by atoms with E-state index in [-0.39, 0.29) is 0 Å². The summed E-state index contributed by atoms with van der Waals surface area (Å²) >= 11 is 0. The molecule has 1 nitrogen and oxygen atoms in total. The van der Waals surface area contributed by atoms with E-state index in [4.69, 9.17) is 5.41 Å². The summed E-state index contributed by atoms with van der Waals surface area (Å²) in [5.41, 5.74) is 0.907. The van der Waals surface area contributed by atoms with Crippen molar-refractivity contribution in [3.63, 3.8) is 0 Å². The third kappa shape index (κ3) is 2.62. The minimum absolute atomic E-state index is 0.588. The molecular formula is C11H21N. The van der Waals surface area contributed by atoms with E-state index in [1.807, 2.05) is 6.92 Å². The smallest absolute Gasteiger partial charge is 0.00917 e. The van der Waals surface area contributed by atoms with Crippen LogP contribution in [-0.2, 0) is 0 Å². The van der Waals surface area contributed by atoms with Gasteiger partial charge in [-0.05, 0) is 25.2 Å². The first kappa shape index (κ1) is 9.76. The van der Waals surface area contributed by atoms with Crippen molar-refractivity contribution >= 4 is 5.71 Å². The first-order chi connectivity index (χ1) is 5.72. The van der Waals surface area contributed by atoms with E-state index >= 15 is 0 Å². The van der Waals surface area contributed by atoms with Crippen LogP contribution in [0.4, 0.5) is 0 Å². The van der Waals surface area contributed by atoms with Gasteiger partial charge in [0.2, 0.25) is 0 Å². The van der Waals surface area contributed by atoms with E-state index < -0.39 is 0 Å². The molecule has 0 saturated heterocycles. The molecule has 70 valence electrons. The lowest BCUT2D eigenvalue weighted by atomic mass is 9.80. The highest BCUT2D eigenvalue weighted by Crippen LogP contribution is 2.28. The van der Waals surface area contributed by atoms with E-state index in [0.717, 1.165) is 11.6 Å². The van der Waals surface area contributed by atoms with Gasteiger partial charge in [0.05, 0.1) is 0 Å². The minimum atomic E-state index is 0.588. The molecule has 1 rings (SSSR count). The molecule has 0 heterocycles. The van der Waals surface area contributed by atoms with E-state index in [0.29, 0.717) is 5.92 Å². The van der Waals surface area contributed by atoms with Gasteiger partial charge in [-0.3, -0.25) is 0 Å². The van der Waals surface area contributed by atoms with E-state index in [9.17, 15) is 0 Å². The second-order valence-corrected chi connectivity index (χ2v) is 4.26. The molecule has 1 aliphatic rings. The average Bonchev–Trinajstić information content (AvgIpc) is 1.96. The molecule has 1 heteroatoms. The number of nitrogens with one attached hydrogen (secondary N) is 1. The number of rotatable bonds is 1. The highest BCUT2D eigenvalue weighted by Gasteiger charge is 2.19. The molecule has 12 heavy (non-hydrogen) atoms. The molecule has 2 atom stereocenters. The Hall–Kier alpha value is -0.330. The van der Waals surface area contributed by atoms with Crippen LogP contribution in [0.3, 0.4) is 0 Å². The third-order valence-corrected chi connectivity index (χ3v) is 3.17. The Morgan fingerprint density at radius 2 is 1.67 bits per heavy atom. The maximum Gasteiger partial charge on any atom is 0.00917 e. The topological polar surface area (TPSA) is 23.9 Å². The molecule has 0 bridgehead atoms. The fraction of sp³-hybridized carbons (Fsp3) is 0.909. The lowest BCUT2D eigenvalue weighted by molar-refractivity contribution is 0.346. The summed E-state index contributed by atoms with van der Waals surface area (Å²) in [4.78, 5) is 0. The molecular weight excluding hydrogens is 146 g/mol. The Labute approximate surface area is 76.1 Å².